The van der Waals surface area contributed by atoms with Gasteiger partial charge in [-0.1, -0.05) is 86.4 Å². The third-order valence-corrected chi connectivity index (χ3v) is 19.4. The van der Waals surface area contributed by atoms with Crippen molar-refractivity contribution in [3.63, 3.8) is 0 Å². The van der Waals surface area contributed by atoms with Gasteiger partial charge >= 0.3 is 0 Å². The van der Waals surface area contributed by atoms with Gasteiger partial charge in [-0.05, 0) is 168 Å². The molecule has 23 heteroatoms. The van der Waals surface area contributed by atoms with Crippen molar-refractivity contribution < 1.29 is 31.4 Å². The second kappa shape index (κ2) is 31.4. The highest BCUT2D eigenvalue weighted by Crippen LogP contribution is 2.54. The van der Waals surface area contributed by atoms with Crippen LogP contribution in [-0.4, -0.2) is 120 Å². The maximum Gasteiger partial charge on any atom is 0.294 e. The Hall–Kier alpha value is -4.77. The van der Waals surface area contributed by atoms with E-state index in [2.05, 4.69) is 95.8 Å². The van der Waals surface area contributed by atoms with E-state index < -0.39 is 23.4 Å². The zero-order chi connectivity index (χ0) is 61.5. The first-order chi connectivity index (χ1) is 41.0. The van der Waals surface area contributed by atoms with Crippen molar-refractivity contribution in [3.8, 4) is 0 Å². The molecule has 0 saturated heterocycles. The summed E-state index contributed by atoms with van der Waals surface area (Å²) in [6.07, 6.45) is 19.0. The Balaban J connectivity index is 0.000000152. The minimum Gasteiger partial charge on any atom is -0.377 e. The summed E-state index contributed by atoms with van der Waals surface area (Å²) in [7, 11) is 3.44. The van der Waals surface area contributed by atoms with Crippen LogP contribution in [0.5, 0.6) is 0 Å². The van der Waals surface area contributed by atoms with Crippen LogP contribution in [0.25, 0.3) is 0 Å². The number of ether oxygens (including phenoxy) is 2. The molecule has 85 heavy (non-hydrogen) atoms. The lowest BCUT2D eigenvalue weighted by Gasteiger charge is -2.32. The molecule has 11 rings (SSSR count). The first-order valence-electron chi connectivity index (χ1n) is 32.8. The molecule has 0 bridgehead atoms. The summed E-state index contributed by atoms with van der Waals surface area (Å²) < 4.78 is 91.9. The maximum absolute atomic E-state index is 14.9. The van der Waals surface area contributed by atoms with Crippen LogP contribution in [-0.2, 0) is 98.2 Å². The van der Waals surface area contributed by atoms with E-state index in [-0.39, 0.29) is 30.0 Å². The number of aryl methyl sites for hydroxylation is 9. The van der Waals surface area contributed by atoms with Crippen LogP contribution < -0.4 is 0 Å². The summed E-state index contributed by atoms with van der Waals surface area (Å²) in [5.74, 6) is -2.71. The molecule has 0 N–H and O–H groups in total. The van der Waals surface area contributed by atoms with E-state index in [1.807, 2.05) is 39.3 Å². The van der Waals surface area contributed by atoms with Crippen molar-refractivity contribution in [2.45, 2.75) is 273 Å². The van der Waals surface area contributed by atoms with Crippen molar-refractivity contribution in [1.29, 1.82) is 0 Å². The second-order valence-electron chi connectivity index (χ2n) is 24.1. The lowest BCUT2D eigenvalue weighted by atomic mass is 9.86. The van der Waals surface area contributed by atoms with Crippen LogP contribution in [0, 0.1) is 29.6 Å². The summed E-state index contributed by atoms with van der Waals surface area (Å²) in [6, 6.07) is 0. The summed E-state index contributed by atoms with van der Waals surface area (Å²) in [4.78, 5) is 2.39. The Morgan fingerprint density at radius 3 is 1.61 bits per heavy atom. The van der Waals surface area contributed by atoms with Gasteiger partial charge < -0.3 is 14.4 Å². The molecule has 6 unspecified atom stereocenters. The molecule has 5 aromatic rings. The molecule has 18 nitrogen and oxygen atoms in total. The standard InChI is InChI=1S/C13H24N4O2.C13H21N3.2C12H19F2N3.C12H20FN3/c1-5-16-8-7-10-12(14-15-17(10)6-2)13(19-4)11(9-16)18-3;1-3-9-10-5-7-12-13(8-6-11(9)10)16(4-2)15-14-12;1-3-9-5-6-10-11(12(13,14)8-7-9)17(4-2)16-15-10;1-3-9-7-5-6-8-10-11(12(9,13)14)17(4-2)16-15-10;1-3-12(13)9-7-5-6-8-10-11(12)16(4-2)15-14-10/h11,13H,5-9H2,1-4H3;9-11H,3-8H2,1-2H3;2*9H,3-8H2,1-2H3;3-9H2,1-2H3/t;9?,10-,11+;;;/m.0.../s1. The number of halogens is 5. The molecule has 5 aliphatic carbocycles. The number of fused-ring (bicyclic) bond motifs is 6. The molecule has 6 heterocycles. The second-order valence-corrected chi connectivity index (χ2v) is 24.1. The molecule has 0 aromatic carbocycles. The SMILES string of the molecule is CCC1CCCCc2nnn(CC)c2C1(F)F.CCC1CCc2nnn(CC)c2C(F)(F)CC1.CCC1[C@H]2CCc3c(nnn3CC)CC[C@@H]12.CCN1CCc2c(nnn2CC)C(OC)C(OC)C1.CCn1nnc2c1C(F)(CC)CCCCC2. The summed E-state index contributed by atoms with van der Waals surface area (Å²) in [5, 5.41) is 40.9. The van der Waals surface area contributed by atoms with E-state index in [1.165, 1.54) is 52.1 Å². The van der Waals surface area contributed by atoms with E-state index in [0.717, 1.165) is 132 Å². The molecule has 0 radical (unpaired) electrons. The number of aromatic nitrogens is 15. The molecule has 0 spiro atoms. The number of alkyl halides is 5. The number of nitrogens with zero attached hydrogens (tertiary/aromatic N) is 16. The highest BCUT2D eigenvalue weighted by molar-refractivity contribution is 5.22. The molecule has 1 aliphatic heterocycles. The predicted octanol–water partition coefficient (Wildman–Crippen LogP) is 12.6. The highest BCUT2D eigenvalue weighted by Gasteiger charge is 2.49. The van der Waals surface area contributed by atoms with E-state index >= 15 is 0 Å². The topological polar surface area (TPSA) is 175 Å². The third kappa shape index (κ3) is 15.7. The quantitative estimate of drug-likeness (QED) is 0.108. The molecule has 478 valence electrons. The van der Waals surface area contributed by atoms with Gasteiger partial charge in [0.1, 0.15) is 29.3 Å². The van der Waals surface area contributed by atoms with Gasteiger partial charge in [0.15, 0.2) is 5.67 Å². The Labute approximate surface area is 502 Å². The van der Waals surface area contributed by atoms with Crippen LogP contribution in [0.3, 0.4) is 0 Å². The van der Waals surface area contributed by atoms with Crippen molar-refractivity contribution in [3.05, 3.63) is 56.9 Å². The summed E-state index contributed by atoms with van der Waals surface area (Å²) in [5.41, 5.74) is 6.33. The van der Waals surface area contributed by atoms with E-state index in [4.69, 9.17) is 9.47 Å². The minimum atomic E-state index is -2.79. The van der Waals surface area contributed by atoms with Gasteiger partial charge in [-0.25, -0.2) is 27.8 Å². The van der Waals surface area contributed by atoms with Crippen molar-refractivity contribution in [1.82, 2.24) is 79.9 Å². The zero-order valence-corrected chi connectivity index (χ0v) is 53.6. The fraction of sp³-hybridized carbons (Fsp3) is 0.839. The largest absolute Gasteiger partial charge is 0.377 e. The number of likely N-dealkylation sites (N-methyl/N-ethyl adjacent to an activating group) is 1. The van der Waals surface area contributed by atoms with E-state index in [1.54, 1.807) is 18.9 Å². The number of hydrogen-bond donors (Lipinski definition) is 0. The van der Waals surface area contributed by atoms with Gasteiger partial charge in [0.25, 0.3) is 11.8 Å². The molecule has 0 amide bonds. The molecule has 5 aromatic heterocycles. The lowest BCUT2D eigenvalue weighted by molar-refractivity contribution is -0.0798. The smallest absolute Gasteiger partial charge is 0.294 e. The normalized spacial score (nSPS) is 26.1. The molecular weight excluding hydrogens is 1100 g/mol. The summed E-state index contributed by atoms with van der Waals surface area (Å²) >= 11 is 0. The van der Waals surface area contributed by atoms with Crippen molar-refractivity contribution in [2.24, 2.45) is 29.6 Å². The zero-order valence-electron chi connectivity index (χ0n) is 53.6. The van der Waals surface area contributed by atoms with Crippen LogP contribution in [0.1, 0.15) is 235 Å². The third-order valence-electron chi connectivity index (χ3n) is 19.4. The van der Waals surface area contributed by atoms with Gasteiger partial charge in [0.2, 0.25) is 0 Å². The minimum absolute atomic E-state index is 0.00833. The van der Waals surface area contributed by atoms with Gasteiger partial charge in [-0.2, -0.15) is 17.6 Å². The molecular formula is C62H103F5N16O2. The number of hydrogen-bond acceptors (Lipinski definition) is 13. The van der Waals surface area contributed by atoms with Crippen LogP contribution in [0.4, 0.5) is 22.0 Å². The highest BCUT2D eigenvalue weighted by atomic mass is 19.3. The number of methoxy groups -OCH3 is 2. The Morgan fingerprint density at radius 1 is 0.471 bits per heavy atom. The molecule has 1 fully saturated rings. The molecule has 1 saturated carbocycles. The number of rotatable bonds is 12. The fourth-order valence-electron chi connectivity index (χ4n) is 14.1. The average molecular weight is 1200 g/mol. The van der Waals surface area contributed by atoms with Gasteiger partial charge in [-0.15, -0.1) is 25.5 Å². The Kier molecular flexibility index (Phi) is 25.0. The monoisotopic (exact) mass is 1200 g/mol. The first-order valence-corrected chi connectivity index (χ1v) is 32.8. The van der Waals surface area contributed by atoms with Crippen molar-refractivity contribution in [2.75, 3.05) is 33.9 Å². The average Bonchev–Trinajstić information content (AvgIpc) is 2.68. The Bertz CT molecular complexity index is 2790. The van der Waals surface area contributed by atoms with Crippen LogP contribution >= 0.6 is 0 Å². The van der Waals surface area contributed by atoms with Crippen molar-refractivity contribution >= 4 is 0 Å². The van der Waals surface area contributed by atoms with Crippen LogP contribution in [0.15, 0.2) is 0 Å². The molecule has 6 aliphatic rings. The van der Waals surface area contributed by atoms with Crippen LogP contribution in [0.2, 0.25) is 0 Å². The summed E-state index contributed by atoms with van der Waals surface area (Å²) in [6.45, 7) is 26.5. The lowest BCUT2D eigenvalue weighted by Crippen LogP contribution is -2.41. The van der Waals surface area contributed by atoms with E-state index in [0.29, 0.717) is 81.9 Å². The van der Waals surface area contributed by atoms with Gasteiger partial charge in [0.05, 0.1) is 39.9 Å². The molecule has 8 atom stereocenters. The fourth-order valence-corrected chi connectivity index (χ4v) is 14.1. The van der Waals surface area contributed by atoms with Gasteiger partial charge in [0, 0.05) is 78.8 Å². The van der Waals surface area contributed by atoms with Gasteiger partial charge in [-0.3, -0.25) is 0 Å². The maximum atomic E-state index is 14.9. The van der Waals surface area contributed by atoms with E-state index in [9.17, 15) is 22.0 Å². The Morgan fingerprint density at radius 2 is 1.02 bits per heavy atom. The first kappa shape index (κ1) is 67.7. The predicted molar refractivity (Wildman–Crippen MR) is 318 cm³/mol.